The largest absolute Gasteiger partial charge is 0.504 e. The highest BCUT2D eigenvalue weighted by atomic mass is 16.5. The number of hydrogen-bond acceptors (Lipinski definition) is 5. The molecule has 2 N–H and O–H groups in total. The van der Waals surface area contributed by atoms with Crippen molar-refractivity contribution < 1.29 is 24.5 Å². The fraction of sp³-hybridized carbons (Fsp3) is 0.222. The van der Waals surface area contributed by atoms with Gasteiger partial charge in [-0.2, -0.15) is 0 Å². The first kappa shape index (κ1) is 15.1. The summed E-state index contributed by atoms with van der Waals surface area (Å²) in [6.07, 6.45) is 1.68. The molecule has 0 aromatic heterocycles. The summed E-state index contributed by atoms with van der Waals surface area (Å²) in [6.45, 7) is 2.36. The second-order valence-corrected chi connectivity index (χ2v) is 5.40. The van der Waals surface area contributed by atoms with Gasteiger partial charge >= 0.3 is 0 Å². The van der Waals surface area contributed by atoms with Gasteiger partial charge in [0, 0.05) is 17.2 Å². The van der Waals surface area contributed by atoms with Crippen LogP contribution in [0.25, 0.3) is 0 Å². The van der Waals surface area contributed by atoms with Crippen LogP contribution in [0.1, 0.15) is 51.6 Å². The Hall–Kier alpha value is -2.82. The second-order valence-electron chi connectivity index (χ2n) is 5.40. The van der Waals surface area contributed by atoms with Crippen LogP contribution in [0, 0.1) is 0 Å². The van der Waals surface area contributed by atoms with Crippen LogP contribution in [0.15, 0.2) is 30.3 Å². The summed E-state index contributed by atoms with van der Waals surface area (Å²) in [5.41, 5.74) is 0.307. The van der Waals surface area contributed by atoms with E-state index in [1.54, 1.807) is 18.2 Å². The Morgan fingerprint density at radius 2 is 1.61 bits per heavy atom. The lowest BCUT2D eigenvalue weighted by molar-refractivity contribution is 0.0972. The normalized spacial score (nSPS) is 12.7. The number of benzene rings is 2. The molecule has 2 aromatic carbocycles. The number of aromatic hydroxyl groups is 2. The van der Waals surface area contributed by atoms with Crippen LogP contribution in [-0.4, -0.2) is 28.4 Å². The standard InChI is InChI=1S/C18H16O5/c1-2-3-8-23-13-9-12(19)18(22)15-14(13)16(20)10-6-4-5-7-11(10)17(15)21/h4-7,9,19,22H,2-3,8H2,1H3. The number of ketones is 2. The second kappa shape index (κ2) is 5.76. The van der Waals surface area contributed by atoms with Crippen LogP contribution in [0.2, 0.25) is 0 Å². The molecule has 0 atom stereocenters. The molecule has 0 amide bonds. The van der Waals surface area contributed by atoms with Gasteiger partial charge in [-0.1, -0.05) is 37.6 Å². The van der Waals surface area contributed by atoms with Gasteiger partial charge in [-0.3, -0.25) is 9.59 Å². The Balaban J connectivity index is 2.20. The fourth-order valence-corrected chi connectivity index (χ4v) is 2.67. The molecule has 5 nitrogen and oxygen atoms in total. The first-order chi connectivity index (χ1) is 11.1. The molecule has 0 saturated heterocycles. The van der Waals surface area contributed by atoms with Gasteiger partial charge in [0.05, 0.1) is 17.7 Å². The minimum atomic E-state index is -0.587. The number of hydrogen-bond donors (Lipinski definition) is 2. The summed E-state index contributed by atoms with van der Waals surface area (Å²) in [7, 11) is 0. The highest BCUT2D eigenvalue weighted by Gasteiger charge is 2.36. The Kier molecular flexibility index (Phi) is 3.78. The van der Waals surface area contributed by atoms with Crippen LogP contribution >= 0.6 is 0 Å². The molecule has 5 heteroatoms. The summed E-state index contributed by atoms with van der Waals surface area (Å²) in [4.78, 5) is 25.4. The number of unbranched alkanes of at least 4 members (excludes halogenated alkanes) is 1. The van der Waals surface area contributed by atoms with E-state index in [4.69, 9.17) is 4.74 Å². The van der Waals surface area contributed by atoms with Gasteiger partial charge in [0.1, 0.15) is 5.75 Å². The van der Waals surface area contributed by atoms with Crippen molar-refractivity contribution in [3.8, 4) is 17.2 Å². The molecule has 3 rings (SSSR count). The Bertz CT molecular complexity index is 807. The molecule has 0 radical (unpaired) electrons. The van der Waals surface area contributed by atoms with Gasteiger partial charge < -0.3 is 14.9 Å². The third-order valence-electron chi connectivity index (χ3n) is 3.87. The minimum Gasteiger partial charge on any atom is -0.504 e. The van der Waals surface area contributed by atoms with Crippen molar-refractivity contribution >= 4 is 11.6 Å². The van der Waals surface area contributed by atoms with E-state index in [1.807, 2.05) is 6.92 Å². The molecule has 0 saturated carbocycles. The lowest BCUT2D eigenvalue weighted by Crippen LogP contribution is -2.22. The van der Waals surface area contributed by atoms with Gasteiger partial charge in [0.25, 0.3) is 0 Å². The third kappa shape index (κ3) is 2.34. The molecule has 1 aliphatic rings. The first-order valence-corrected chi connectivity index (χ1v) is 7.46. The maximum atomic E-state index is 12.7. The zero-order valence-electron chi connectivity index (χ0n) is 12.6. The van der Waals surface area contributed by atoms with E-state index in [0.29, 0.717) is 6.61 Å². The van der Waals surface area contributed by atoms with Gasteiger partial charge in [-0.05, 0) is 6.42 Å². The van der Waals surface area contributed by atoms with Crippen LogP contribution in [0.4, 0.5) is 0 Å². The van der Waals surface area contributed by atoms with E-state index in [1.165, 1.54) is 12.1 Å². The molecular weight excluding hydrogens is 296 g/mol. The third-order valence-corrected chi connectivity index (χ3v) is 3.87. The Morgan fingerprint density at radius 3 is 2.22 bits per heavy atom. The quantitative estimate of drug-likeness (QED) is 0.571. The molecule has 0 heterocycles. The average Bonchev–Trinajstić information content (AvgIpc) is 2.56. The van der Waals surface area contributed by atoms with Crippen molar-refractivity contribution in [2.75, 3.05) is 6.61 Å². The van der Waals surface area contributed by atoms with Gasteiger partial charge in [0.2, 0.25) is 0 Å². The van der Waals surface area contributed by atoms with E-state index in [0.717, 1.165) is 12.8 Å². The van der Waals surface area contributed by atoms with Crippen LogP contribution in [-0.2, 0) is 0 Å². The first-order valence-electron chi connectivity index (χ1n) is 7.46. The Morgan fingerprint density at radius 1 is 1.00 bits per heavy atom. The van der Waals surface area contributed by atoms with Crippen LogP contribution < -0.4 is 4.74 Å². The highest BCUT2D eigenvalue weighted by Crippen LogP contribution is 2.43. The van der Waals surface area contributed by atoms with E-state index < -0.39 is 23.1 Å². The van der Waals surface area contributed by atoms with Crippen molar-refractivity contribution in [3.63, 3.8) is 0 Å². The number of carbonyl (C=O) groups is 2. The SMILES string of the molecule is CCCCOc1cc(O)c(O)c2c1C(=O)c1ccccc1C2=O. The van der Waals surface area contributed by atoms with E-state index >= 15 is 0 Å². The van der Waals surface area contributed by atoms with Crippen molar-refractivity contribution in [1.82, 2.24) is 0 Å². The predicted molar refractivity (Wildman–Crippen MR) is 83.5 cm³/mol. The van der Waals surface area contributed by atoms with E-state index in [-0.39, 0.29) is 28.0 Å². The average molecular weight is 312 g/mol. The number of rotatable bonds is 4. The van der Waals surface area contributed by atoms with Gasteiger partial charge in [0.15, 0.2) is 23.1 Å². The zero-order valence-corrected chi connectivity index (χ0v) is 12.6. The molecule has 0 unspecified atom stereocenters. The van der Waals surface area contributed by atoms with Crippen molar-refractivity contribution in [2.24, 2.45) is 0 Å². The van der Waals surface area contributed by atoms with E-state index in [2.05, 4.69) is 0 Å². The van der Waals surface area contributed by atoms with Crippen molar-refractivity contribution in [1.29, 1.82) is 0 Å². The molecule has 0 bridgehead atoms. The van der Waals surface area contributed by atoms with Crippen molar-refractivity contribution in [2.45, 2.75) is 19.8 Å². The maximum Gasteiger partial charge on any atom is 0.198 e. The monoisotopic (exact) mass is 312 g/mol. The number of ether oxygens (including phenoxy) is 1. The summed E-state index contributed by atoms with van der Waals surface area (Å²) in [5, 5.41) is 19.9. The smallest absolute Gasteiger partial charge is 0.198 e. The highest BCUT2D eigenvalue weighted by molar-refractivity contribution is 6.30. The molecule has 1 aliphatic carbocycles. The number of phenols is 2. The predicted octanol–water partition coefficient (Wildman–Crippen LogP) is 3.05. The molecule has 0 aliphatic heterocycles. The lowest BCUT2D eigenvalue weighted by atomic mass is 9.83. The number of phenolic OH excluding ortho intramolecular Hbond substituents is 2. The van der Waals surface area contributed by atoms with Gasteiger partial charge in [-0.25, -0.2) is 0 Å². The molecule has 0 spiro atoms. The zero-order chi connectivity index (χ0) is 16.6. The topological polar surface area (TPSA) is 83.8 Å². The summed E-state index contributed by atoms with van der Waals surface area (Å²) in [5.74, 6) is -1.83. The Labute approximate surface area is 133 Å². The molecule has 0 fully saturated rings. The van der Waals surface area contributed by atoms with Crippen LogP contribution in [0.3, 0.4) is 0 Å². The number of fused-ring (bicyclic) bond motifs is 2. The minimum absolute atomic E-state index is 0.0140. The fourth-order valence-electron chi connectivity index (χ4n) is 2.67. The molecule has 2 aromatic rings. The van der Waals surface area contributed by atoms with Crippen molar-refractivity contribution in [3.05, 3.63) is 52.6 Å². The van der Waals surface area contributed by atoms with Gasteiger partial charge in [-0.15, -0.1) is 0 Å². The molecule has 118 valence electrons. The maximum absolute atomic E-state index is 12.7. The van der Waals surface area contributed by atoms with Crippen LogP contribution in [0.5, 0.6) is 17.2 Å². The molecular formula is C18H16O5. The summed E-state index contributed by atoms with van der Waals surface area (Å²) in [6, 6.07) is 7.60. The summed E-state index contributed by atoms with van der Waals surface area (Å²) < 4.78 is 5.57. The molecule has 23 heavy (non-hydrogen) atoms. The van der Waals surface area contributed by atoms with E-state index in [9.17, 15) is 19.8 Å². The number of carbonyl (C=O) groups excluding carboxylic acids is 2. The lowest BCUT2D eigenvalue weighted by Gasteiger charge is -2.21. The summed E-state index contributed by atoms with van der Waals surface area (Å²) >= 11 is 0.